The maximum Gasteiger partial charge on any atom is 0.196 e. The number of benzene rings is 2. The summed E-state index contributed by atoms with van der Waals surface area (Å²) in [4.78, 5) is 15.0. The van der Waals surface area contributed by atoms with E-state index in [9.17, 15) is 9.18 Å². The van der Waals surface area contributed by atoms with E-state index in [1.165, 1.54) is 23.9 Å². The number of carbonyl (C=O) groups is 1. The van der Waals surface area contributed by atoms with Crippen LogP contribution in [0.25, 0.3) is 5.69 Å². The minimum atomic E-state index is -0.385. The second-order valence-electron chi connectivity index (χ2n) is 7.37. The van der Waals surface area contributed by atoms with Crippen LogP contribution in [0.4, 0.5) is 4.39 Å². The van der Waals surface area contributed by atoms with Gasteiger partial charge in [-0.3, -0.25) is 14.3 Å². The first kappa shape index (κ1) is 23.0. The van der Waals surface area contributed by atoms with E-state index in [-0.39, 0.29) is 22.9 Å². The standard InChI is InChI=1S/C23H27FN4O2S/c1-6-30-20-13-7-17(8-14-20)21(29)16(3)31-23-26-25-22(15(2)27(4)5)28(23)19-11-9-18(24)10-12-19/h7-16H,6H2,1-5H3/t15-,16+/m1/s1. The monoisotopic (exact) mass is 442 g/mol. The second kappa shape index (κ2) is 10.1. The molecule has 0 aliphatic rings. The van der Waals surface area contributed by atoms with Crippen LogP contribution in [0.2, 0.25) is 0 Å². The van der Waals surface area contributed by atoms with E-state index in [2.05, 4.69) is 10.2 Å². The molecule has 0 unspecified atom stereocenters. The van der Waals surface area contributed by atoms with Crippen molar-refractivity contribution in [2.24, 2.45) is 0 Å². The van der Waals surface area contributed by atoms with Crippen molar-refractivity contribution in [3.8, 4) is 11.4 Å². The Balaban J connectivity index is 1.89. The highest BCUT2D eigenvalue weighted by Gasteiger charge is 2.25. The second-order valence-corrected chi connectivity index (χ2v) is 8.68. The van der Waals surface area contributed by atoms with Gasteiger partial charge in [0.25, 0.3) is 0 Å². The van der Waals surface area contributed by atoms with Crippen molar-refractivity contribution < 1.29 is 13.9 Å². The first-order valence-electron chi connectivity index (χ1n) is 10.1. The average Bonchev–Trinajstić information content (AvgIpc) is 3.17. The molecular weight excluding hydrogens is 415 g/mol. The van der Waals surface area contributed by atoms with Gasteiger partial charge in [0.2, 0.25) is 0 Å². The number of ether oxygens (including phenoxy) is 1. The highest BCUT2D eigenvalue weighted by Crippen LogP contribution is 2.30. The van der Waals surface area contributed by atoms with Crippen LogP contribution >= 0.6 is 11.8 Å². The Bertz CT molecular complexity index is 1020. The molecule has 0 amide bonds. The lowest BCUT2D eigenvalue weighted by Crippen LogP contribution is -2.21. The summed E-state index contributed by atoms with van der Waals surface area (Å²) in [7, 11) is 3.92. The zero-order valence-corrected chi connectivity index (χ0v) is 19.2. The molecule has 0 saturated carbocycles. The summed E-state index contributed by atoms with van der Waals surface area (Å²) in [6, 6.07) is 13.3. The minimum Gasteiger partial charge on any atom is -0.494 e. The average molecular weight is 443 g/mol. The molecule has 0 fully saturated rings. The van der Waals surface area contributed by atoms with Crippen molar-refractivity contribution in [3.63, 3.8) is 0 Å². The zero-order chi connectivity index (χ0) is 22.5. The molecule has 0 N–H and O–H groups in total. The number of rotatable bonds is 9. The highest BCUT2D eigenvalue weighted by atomic mass is 32.2. The molecule has 164 valence electrons. The Morgan fingerprint density at radius 3 is 2.32 bits per heavy atom. The first-order valence-corrected chi connectivity index (χ1v) is 11.0. The number of Topliss-reactive ketones (excluding diaryl/α,β-unsaturated/α-hetero) is 1. The van der Waals surface area contributed by atoms with Crippen LogP contribution in [0, 0.1) is 5.82 Å². The molecule has 2 atom stereocenters. The molecule has 0 spiro atoms. The Morgan fingerprint density at radius 2 is 1.74 bits per heavy atom. The van der Waals surface area contributed by atoms with Gasteiger partial charge < -0.3 is 4.74 Å². The Labute approximate surface area is 186 Å². The van der Waals surface area contributed by atoms with Crippen molar-refractivity contribution in [2.75, 3.05) is 20.7 Å². The molecule has 0 bridgehead atoms. The predicted molar refractivity (Wildman–Crippen MR) is 121 cm³/mol. The molecule has 0 saturated heterocycles. The van der Waals surface area contributed by atoms with Crippen molar-refractivity contribution in [2.45, 2.75) is 37.2 Å². The molecule has 0 radical (unpaired) electrons. The van der Waals surface area contributed by atoms with Gasteiger partial charge in [0, 0.05) is 11.3 Å². The van der Waals surface area contributed by atoms with Crippen molar-refractivity contribution in [1.82, 2.24) is 19.7 Å². The largest absolute Gasteiger partial charge is 0.494 e. The molecule has 8 heteroatoms. The number of ketones is 1. The lowest BCUT2D eigenvalue weighted by Gasteiger charge is -2.21. The number of hydrogen-bond acceptors (Lipinski definition) is 6. The van der Waals surface area contributed by atoms with Gasteiger partial charge in [0.15, 0.2) is 16.8 Å². The van der Waals surface area contributed by atoms with Gasteiger partial charge in [-0.1, -0.05) is 11.8 Å². The predicted octanol–water partition coefficient (Wildman–Crippen LogP) is 4.79. The molecule has 1 aromatic heterocycles. The van der Waals surface area contributed by atoms with Crippen LogP contribution < -0.4 is 4.74 Å². The van der Waals surface area contributed by atoms with Gasteiger partial charge in [-0.05, 0) is 83.4 Å². The SMILES string of the molecule is CCOc1ccc(C(=O)[C@H](C)Sc2nnc([C@@H](C)N(C)C)n2-c2ccc(F)cc2)cc1. The maximum atomic E-state index is 13.5. The smallest absolute Gasteiger partial charge is 0.196 e. The Hall–Kier alpha value is -2.71. The van der Waals surface area contributed by atoms with E-state index in [1.54, 1.807) is 36.4 Å². The number of carbonyl (C=O) groups excluding carboxylic acids is 1. The van der Waals surface area contributed by atoms with Crippen molar-refractivity contribution in [3.05, 3.63) is 65.7 Å². The topological polar surface area (TPSA) is 60.2 Å². The van der Waals surface area contributed by atoms with E-state index >= 15 is 0 Å². The van der Waals surface area contributed by atoms with Gasteiger partial charge in [-0.2, -0.15) is 0 Å². The van der Waals surface area contributed by atoms with Crippen LogP contribution in [0.5, 0.6) is 5.75 Å². The van der Waals surface area contributed by atoms with Gasteiger partial charge in [-0.15, -0.1) is 10.2 Å². The number of thioether (sulfide) groups is 1. The number of halogens is 1. The van der Waals surface area contributed by atoms with Crippen LogP contribution in [-0.2, 0) is 0 Å². The molecular formula is C23H27FN4O2S. The van der Waals surface area contributed by atoms with E-state index in [4.69, 9.17) is 4.74 Å². The fraction of sp³-hybridized carbons (Fsp3) is 0.348. The summed E-state index contributed by atoms with van der Waals surface area (Å²) in [5.41, 5.74) is 1.36. The van der Waals surface area contributed by atoms with Gasteiger partial charge in [0.05, 0.1) is 17.9 Å². The fourth-order valence-corrected chi connectivity index (χ4v) is 3.97. The first-order chi connectivity index (χ1) is 14.8. The third-order valence-electron chi connectivity index (χ3n) is 4.99. The fourth-order valence-electron chi connectivity index (χ4n) is 3.02. The van der Waals surface area contributed by atoms with Crippen LogP contribution in [0.3, 0.4) is 0 Å². The van der Waals surface area contributed by atoms with Gasteiger partial charge in [-0.25, -0.2) is 4.39 Å². The van der Waals surface area contributed by atoms with Gasteiger partial charge >= 0.3 is 0 Å². The normalized spacial score (nSPS) is 13.3. The summed E-state index contributed by atoms with van der Waals surface area (Å²) in [6.45, 7) is 6.36. The van der Waals surface area contributed by atoms with Crippen LogP contribution in [0.15, 0.2) is 53.7 Å². The molecule has 0 aliphatic carbocycles. The minimum absolute atomic E-state index is 0.0103. The highest BCUT2D eigenvalue weighted by molar-refractivity contribution is 8.00. The van der Waals surface area contributed by atoms with E-state index < -0.39 is 0 Å². The molecule has 0 aliphatic heterocycles. The third-order valence-corrected chi connectivity index (χ3v) is 6.04. The third kappa shape index (κ3) is 5.32. The molecule has 3 aromatic rings. The summed E-state index contributed by atoms with van der Waals surface area (Å²) in [5, 5.41) is 8.94. The zero-order valence-electron chi connectivity index (χ0n) is 18.4. The summed E-state index contributed by atoms with van der Waals surface area (Å²) >= 11 is 1.33. The molecule has 6 nitrogen and oxygen atoms in total. The van der Waals surface area contributed by atoms with Gasteiger partial charge in [0.1, 0.15) is 11.6 Å². The van der Waals surface area contributed by atoms with E-state index in [0.29, 0.717) is 17.3 Å². The van der Waals surface area contributed by atoms with E-state index in [0.717, 1.165) is 17.3 Å². The van der Waals surface area contributed by atoms with E-state index in [1.807, 2.05) is 44.3 Å². The molecule has 2 aromatic carbocycles. The van der Waals surface area contributed by atoms with Crippen LogP contribution in [-0.4, -0.2) is 51.4 Å². The summed E-state index contributed by atoms with van der Waals surface area (Å²) in [6.07, 6.45) is 0. The van der Waals surface area contributed by atoms with Crippen molar-refractivity contribution >= 4 is 17.5 Å². The lowest BCUT2D eigenvalue weighted by molar-refractivity contribution is 0.0994. The molecule has 1 heterocycles. The quantitative estimate of drug-likeness (QED) is 0.351. The number of nitrogens with zero attached hydrogens (tertiary/aromatic N) is 4. The molecule has 31 heavy (non-hydrogen) atoms. The number of hydrogen-bond donors (Lipinski definition) is 0. The van der Waals surface area contributed by atoms with Crippen molar-refractivity contribution in [1.29, 1.82) is 0 Å². The van der Waals surface area contributed by atoms with Crippen LogP contribution in [0.1, 0.15) is 43.0 Å². The maximum absolute atomic E-state index is 13.5. The lowest BCUT2D eigenvalue weighted by atomic mass is 10.1. The Morgan fingerprint density at radius 1 is 1.10 bits per heavy atom. The summed E-state index contributed by atoms with van der Waals surface area (Å²) < 4.78 is 20.8. The number of aromatic nitrogens is 3. The molecule has 3 rings (SSSR count). The summed E-state index contributed by atoms with van der Waals surface area (Å²) in [5.74, 6) is 1.13. The Kier molecular flexibility index (Phi) is 7.46.